The second-order valence-corrected chi connectivity index (χ2v) is 6.51. The first-order valence-corrected chi connectivity index (χ1v) is 8.65. The standard InChI is InChI=1S/C17H34N2O2/c1-6-9-12-19(7-2)14(4)13-17(5,16(20)21-8-3)18-15-10-11-15/h14-15,18H,6-13H2,1-5H3. The number of esters is 1. The van der Waals surface area contributed by atoms with Crippen LogP contribution in [0.15, 0.2) is 0 Å². The van der Waals surface area contributed by atoms with E-state index in [0.717, 1.165) is 19.5 Å². The summed E-state index contributed by atoms with van der Waals surface area (Å²) < 4.78 is 5.31. The molecule has 0 bridgehead atoms. The average Bonchev–Trinajstić information content (AvgIpc) is 3.23. The Bertz CT molecular complexity index is 318. The molecular weight excluding hydrogens is 264 g/mol. The summed E-state index contributed by atoms with van der Waals surface area (Å²) in [6, 6.07) is 0.875. The van der Waals surface area contributed by atoms with Crippen LogP contribution in [0.1, 0.15) is 66.7 Å². The van der Waals surface area contributed by atoms with Crippen molar-refractivity contribution in [1.82, 2.24) is 10.2 Å². The summed E-state index contributed by atoms with van der Waals surface area (Å²) in [6.45, 7) is 13.1. The van der Waals surface area contributed by atoms with E-state index in [-0.39, 0.29) is 5.97 Å². The monoisotopic (exact) mass is 298 g/mol. The Balaban J connectivity index is 2.66. The van der Waals surface area contributed by atoms with Gasteiger partial charge in [-0.25, -0.2) is 0 Å². The van der Waals surface area contributed by atoms with Crippen molar-refractivity contribution in [3.8, 4) is 0 Å². The molecule has 21 heavy (non-hydrogen) atoms. The van der Waals surface area contributed by atoms with Crippen molar-refractivity contribution in [2.75, 3.05) is 19.7 Å². The molecule has 0 saturated heterocycles. The van der Waals surface area contributed by atoms with E-state index in [1.165, 1.54) is 25.7 Å². The zero-order valence-electron chi connectivity index (χ0n) is 14.6. The molecule has 1 rings (SSSR count). The van der Waals surface area contributed by atoms with Crippen LogP contribution in [0, 0.1) is 0 Å². The largest absolute Gasteiger partial charge is 0.465 e. The minimum Gasteiger partial charge on any atom is -0.465 e. The quantitative estimate of drug-likeness (QED) is 0.596. The fourth-order valence-electron chi connectivity index (χ4n) is 2.94. The van der Waals surface area contributed by atoms with Gasteiger partial charge in [0.2, 0.25) is 0 Å². The summed E-state index contributed by atoms with van der Waals surface area (Å²) in [4.78, 5) is 14.9. The van der Waals surface area contributed by atoms with E-state index in [9.17, 15) is 4.79 Å². The van der Waals surface area contributed by atoms with E-state index < -0.39 is 5.54 Å². The molecular formula is C17H34N2O2. The summed E-state index contributed by atoms with van der Waals surface area (Å²) in [5.41, 5.74) is -0.559. The number of hydrogen-bond acceptors (Lipinski definition) is 4. The van der Waals surface area contributed by atoms with Crippen molar-refractivity contribution in [1.29, 1.82) is 0 Å². The Hall–Kier alpha value is -0.610. The number of nitrogens with one attached hydrogen (secondary N) is 1. The Morgan fingerprint density at radius 2 is 2.05 bits per heavy atom. The van der Waals surface area contributed by atoms with Crippen LogP contribution in [0.3, 0.4) is 0 Å². The molecule has 124 valence electrons. The van der Waals surface area contributed by atoms with Gasteiger partial charge in [0.25, 0.3) is 0 Å². The first kappa shape index (κ1) is 18.4. The number of hydrogen-bond donors (Lipinski definition) is 1. The molecule has 0 heterocycles. The highest BCUT2D eigenvalue weighted by atomic mass is 16.5. The third-order valence-corrected chi connectivity index (χ3v) is 4.36. The molecule has 2 atom stereocenters. The predicted molar refractivity (Wildman–Crippen MR) is 87.4 cm³/mol. The van der Waals surface area contributed by atoms with Crippen molar-refractivity contribution in [2.24, 2.45) is 0 Å². The van der Waals surface area contributed by atoms with Crippen LogP contribution < -0.4 is 5.32 Å². The molecule has 0 spiro atoms. The third-order valence-electron chi connectivity index (χ3n) is 4.36. The fourth-order valence-corrected chi connectivity index (χ4v) is 2.94. The molecule has 0 aromatic carbocycles. The Morgan fingerprint density at radius 1 is 1.38 bits per heavy atom. The molecule has 4 heteroatoms. The number of nitrogens with zero attached hydrogens (tertiary/aromatic N) is 1. The van der Waals surface area contributed by atoms with Gasteiger partial charge >= 0.3 is 5.97 Å². The third kappa shape index (κ3) is 5.95. The summed E-state index contributed by atoms with van der Waals surface area (Å²) >= 11 is 0. The SMILES string of the molecule is CCCCN(CC)C(C)CC(C)(NC1CC1)C(=O)OCC. The van der Waals surface area contributed by atoms with Gasteiger partial charge in [-0.05, 0) is 59.5 Å². The molecule has 1 aliphatic carbocycles. The second-order valence-electron chi connectivity index (χ2n) is 6.51. The number of rotatable bonds is 11. The topological polar surface area (TPSA) is 41.6 Å². The second kappa shape index (κ2) is 8.74. The van der Waals surface area contributed by atoms with Gasteiger partial charge in [-0.2, -0.15) is 0 Å². The van der Waals surface area contributed by atoms with E-state index >= 15 is 0 Å². The van der Waals surface area contributed by atoms with Crippen LogP contribution in [0.5, 0.6) is 0 Å². The van der Waals surface area contributed by atoms with Gasteiger partial charge in [0.15, 0.2) is 0 Å². The lowest BCUT2D eigenvalue weighted by Crippen LogP contribution is -2.55. The molecule has 0 amide bonds. The maximum Gasteiger partial charge on any atom is 0.326 e. The maximum absolute atomic E-state index is 12.4. The highest BCUT2D eigenvalue weighted by Gasteiger charge is 2.41. The minimum atomic E-state index is -0.559. The van der Waals surface area contributed by atoms with E-state index in [1.54, 1.807) is 0 Å². The van der Waals surface area contributed by atoms with E-state index in [4.69, 9.17) is 4.74 Å². The Kier molecular flexibility index (Phi) is 7.67. The lowest BCUT2D eigenvalue weighted by Gasteiger charge is -2.36. The van der Waals surface area contributed by atoms with E-state index in [0.29, 0.717) is 18.7 Å². The number of carbonyl (C=O) groups is 1. The highest BCUT2D eigenvalue weighted by molar-refractivity contribution is 5.80. The lowest BCUT2D eigenvalue weighted by atomic mass is 9.92. The number of unbranched alkanes of at least 4 members (excludes halogenated alkanes) is 1. The van der Waals surface area contributed by atoms with Crippen LogP contribution in [0.25, 0.3) is 0 Å². The molecule has 0 aliphatic heterocycles. The zero-order valence-corrected chi connectivity index (χ0v) is 14.6. The van der Waals surface area contributed by atoms with E-state index in [2.05, 4.69) is 31.0 Å². The van der Waals surface area contributed by atoms with Gasteiger partial charge in [-0.1, -0.05) is 20.3 Å². The van der Waals surface area contributed by atoms with Gasteiger partial charge in [0.1, 0.15) is 5.54 Å². The van der Waals surface area contributed by atoms with Crippen molar-refractivity contribution < 1.29 is 9.53 Å². The number of ether oxygens (including phenoxy) is 1. The van der Waals surface area contributed by atoms with Crippen molar-refractivity contribution in [3.05, 3.63) is 0 Å². The smallest absolute Gasteiger partial charge is 0.326 e. The Labute approximate surface area is 130 Å². The molecule has 0 aromatic heterocycles. The van der Waals surface area contributed by atoms with Crippen LogP contribution >= 0.6 is 0 Å². The van der Waals surface area contributed by atoms with Crippen molar-refractivity contribution in [2.45, 2.75) is 84.3 Å². The summed E-state index contributed by atoms with van der Waals surface area (Å²) in [7, 11) is 0. The number of carbonyl (C=O) groups excluding carboxylic acids is 1. The van der Waals surface area contributed by atoms with Crippen LogP contribution in [0.2, 0.25) is 0 Å². The van der Waals surface area contributed by atoms with Gasteiger partial charge in [0, 0.05) is 12.1 Å². The van der Waals surface area contributed by atoms with Crippen LogP contribution in [-0.4, -0.2) is 48.2 Å². The van der Waals surface area contributed by atoms with Gasteiger partial charge < -0.3 is 9.64 Å². The molecule has 0 aromatic rings. The van der Waals surface area contributed by atoms with Crippen LogP contribution in [0.4, 0.5) is 0 Å². The summed E-state index contributed by atoms with van der Waals surface area (Å²) in [5, 5.41) is 3.52. The lowest BCUT2D eigenvalue weighted by molar-refractivity contribution is -0.151. The fraction of sp³-hybridized carbons (Fsp3) is 0.941. The van der Waals surface area contributed by atoms with Crippen molar-refractivity contribution in [3.63, 3.8) is 0 Å². The predicted octanol–water partition coefficient (Wildman–Crippen LogP) is 2.96. The van der Waals surface area contributed by atoms with Crippen molar-refractivity contribution >= 4 is 5.97 Å². The molecule has 1 saturated carbocycles. The summed E-state index contributed by atoms with van der Waals surface area (Å²) in [6.07, 6.45) is 5.58. The van der Waals surface area contributed by atoms with Crippen LogP contribution in [-0.2, 0) is 9.53 Å². The van der Waals surface area contributed by atoms with Gasteiger partial charge in [0.05, 0.1) is 6.61 Å². The normalized spacial score (nSPS) is 19.3. The highest BCUT2D eigenvalue weighted by Crippen LogP contribution is 2.27. The first-order chi connectivity index (χ1) is 9.96. The Morgan fingerprint density at radius 3 is 2.52 bits per heavy atom. The first-order valence-electron chi connectivity index (χ1n) is 8.65. The molecule has 4 nitrogen and oxygen atoms in total. The maximum atomic E-state index is 12.4. The van der Waals surface area contributed by atoms with Gasteiger partial charge in [-0.3, -0.25) is 10.1 Å². The summed E-state index contributed by atoms with van der Waals surface area (Å²) in [5.74, 6) is -0.102. The molecule has 1 aliphatic rings. The van der Waals surface area contributed by atoms with E-state index in [1.807, 2.05) is 13.8 Å². The average molecular weight is 298 g/mol. The zero-order chi connectivity index (χ0) is 15.9. The molecule has 1 fully saturated rings. The minimum absolute atomic E-state index is 0.102. The molecule has 0 radical (unpaired) electrons. The molecule has 1 N–H and O–H groups in total. The molecule has 2 unspecified atom stereocenters. The van der Waals surface area contributed by atoms with Gasteiger partial charge in [-0.15, -0.1) is 0 Å².